The first-order chi connectivity index (χ1) is 12.5. The largest absolute Gasteiger partial charge is 0.350 e. The van der Waals surface area contributed by atoms with E-state index in [0.717, 1.165) is 12.0 Å². The Balaban J connectivity index is 1.81. The van der Waals surface area contributed by atoms with E-state index in [2.05, 4.69) is 12.2 Å². The molecule has 0 atom stereocenters. The first kappa shape index (κ1) is 17.7. The molecule has 2 aromatic carbocycles. The highest BCUT2D eigenvalue weighted by Gasteiger charge is 2.13. The van der Waals surface area contributed by atoms with Crippen molar-refractivity contribution in [2.75, 3.05) is 0 Å². The Morgan fingerprint density at radius 2 is 1.54 bits per heavy atom. The van der Waals surface area contributed by atoms with Crippen molar-refractivity contribution in [3.63, 3.8) is 0 Å². The second-order valence-electron chi connectivity index (χ2n) is 6.19. The third-order valence-electron chi connectivity index (χ3n) is 4.49. The second-order valence-corrected chi connectivity index (χ2v) is 6.19. The van der Waals surface area contributed by atoms with Gasteiger partial charge in [0.1, 0.15) is 6.54 Å². The summed E-state index contributed by atoms with van der Waals surface area (Å²) >= 11 is 0. The summed E-state index contributed by atoms with van der Waals surface area (Å²) in [5.74, 6) is -0.315. The molecule has 0 aliphatic heterocycles. The average Bonchev–Trinajstić information content (AvgIpc) is 2.68. The minimum Gasteiger partial charge on any atom is -0.350 e. The first-order valence-corrected chi connectivity index (χ1v) is 8.54. The Bertz CT molecular complexity index is 1060. The molecule has 0 bridgehead atoms. The van der Waals surface area contributed by atoms with Crippen molar-refractivity contribution >= 4 is 16.9 Å². The lowest BCUT2D eigenvalue weighted by atomic mass is 10.1. The molecule has 0 saturated carbocycles. The summed E-state index contributed by atoms with van der Waals surface area (Å²) in [6, 6.07) is 15.0. The van der Waals surface area contributed by atoms with Crippen LogP contribution in [0.1, 0.15) is 18.1 Å². The van der Waals surface area contributed by atoms with E-state index in [0.29, 0.717) is 17.6 Å². The maximum absolute atomic E-state index is 12.3. The number of aromatic nitrogens is 2. The van der Waals surface area contributed by atoms with Gasteiger partial charge in [-0.25, -0.2) is 0 Å². The summed E-state index contributed by atoms with van der Waals surface area (Å²) in [5, 5.41) is 2.80. The van der Waals surface area contributed by atoms with E-state index >= 15 is 0 Å². The number of para-hydroxylation sites is 2. The fourth-order valence-electron chi connectivity index (χ4n) is 2.90. The zero-order valence-corrected chi connectivity index (χ0v) is 14.9. The molecule has 0 aliphatic rings. The van der Waals surface area contributed by atoms with Crippen LogP contribution in [0.3, 0.4) is 0 Å². The zero-order valence-electron chi connectivity index (χ0n) is 14.9. The van der Waals surface area contributed by atoms with Crippen molar-refractivity contribution in [2.24, 2.45) is 7.05 Å². The van der Waals surface area contributed by atoms with Gasteiger partial charge in [0.2, 0.25) is 5.91 Å². The summed E-state index contributed by atoms with van der Waals surface area (Å²) in [7, 11) is 1.55. The predicted molar refractivity (Wildman–Crippen MR) is 101 cm³/mol. The summed E-state index contributed by atoms with van der Waals surface area (Å²) in [6.45, 7) is 2.27. The van der Waals surface area contributed by atoms with Gasteiger partial charge in [-0.2, -0.15) is 0 Å². The molecule has 0 radical (unpaired) electrons. The third kappa shape index (κ3) is 3.44. The minimum atomic E-state index is -0.700. The van der Waals surface area contributed by atoms with Gasteiger partial charge in [-0.05, 0) is 29.7 Å². The van der Waals surface area contributed by atoms with Gasteiger partial charge in [0.05, 0.1) is 11.0 Å². The van der Waals surface area contributed by atoms with Crippen molar-refractivity contribution in [1.29, 1.82) is 0 Å². The molecule has 0 fully saturated rings. The molecule has 1 heterocycles. The lowest BCUT2D eigenvalue weighted by Gasteiger charge is -2.12. The lowest BCUT2D eigenvalue weighted by molar-refractivity contribution is -0.121. The highest BCUT2D eigenvalue weighted by atomic mass is 16.2. The number of carbonyl (C=O) groups is 1. The van der Waals surface area contributed by atoms with Crippen LogP contribution >= 0.6 is 0 Å². The van der Waals surface area contributed by atoms with E-state index in [1.165, 1.54) is 14.7 Å². The summed E-state index contributed by atoms with van der Waals surface area (Å²) in [4.78, 5) is 36.8. The summed E-state index contributed by atoms with van der Waals surface area (Å²) in [5.41, 5.74) is 2.04. The maximum Gasteiger partial charge on any atom is 0.317 e. The minimum absolute atomic E-state index is 0.192. The van der Waals surface area contributed by atoms with Crippen molar-refractivity contribution in [3.8, 4) is 0 Å². The van der Waals surface area contributed by atoms with Crippen LogP contribution < -0.4 is 16.4 Å². The Kier molecular flexibility index (Phi) is 5.02. The van der Waals surface area contributed by atoms with Crippen LogP contribution in [0.5, 0.6) is 0 Å². The smallest absolute Gasteiger partial charge is 0.317 e. The number of carbonyl (C=O) groups excluding carboxylic acids is 1. The normalized spacial score (nSPS) is 10.8. The third-order valence-corrected chi connectivity index (χ3v) is 4.49. The van der Waals surface area contributed by atoms with Crippen molar-refractivity contribution in [3.05, 3.63) is 80.4 Å². The topological polar surface area (TPSA) is 73.1 Å². The fourth-order valence-corrected chi connectivity index (χ4v) is 2.90. The second kappa shape index (κ2) is 7.39. The van der Waals surface area contributed by atoms with Gasteiger partial charge < -0.3 is 9.88 Å². The molecule has 6 heteroatoms. The summed E-state index contributed by atoms with van der Waals surface area (Å²) < 4.78 is 2.54. The first-order valence-electron chi connectivity index (χ1n) is 8.54. The van der Waals surface area contributed by atoms with Crippen LogP contribution in [0.25, 0.3) is 11.0 Å². The predicted octanol–water partition coefficient (Wildman–Crippen LogP) is 1.58. The number of nitrogens with one attached hydrogen (secondary N) is 1. The Morgan fingerprint density at radius 1 is 0.923 bits per heavy atom. The molecule has 134 valence electrons. The molecule has 0 spiro atoms. The van der Waals surface area contributed by atoms with Gasteiger partial charge in [-0.1, -0.05) is 43.3 Å². The number of nitrogens with zero attached hydrogens (tertiary/aromatic N) is 2. The monoisotopic (exact) mass is 351 g/mol. The molecule has 0 aliphatic carbocycles. The lowest BCUT2D eigenvalue weighted by Crippen LogP contribution is -2.43. The SMILES string of the molecule is CCc1ccc(CNC(=O)Cn2c(=O)c(=O)n(C)c3ccccc32)cc1. The van der Waals surface area contributed by atoms with Crippen molar-refractivity contribution < 1.29 is 4.79 Å². The molecule has 3 rings (SSSR count). The van der Waals surface area contributed by atoms with E-state index in [1.807, 2.05) is 24.3 Å². The molecule has 0 saturated heterocycles. The van der Waals surface area contributed by atoms with Crippen LogP contribution in [-0.4, -0.2) is 15.0 Å². The van der Waals surface area contributed by atoms with Crippen molar-refractivity contribution in [1.82, 2.24) is 14.5 Å². The molecular weight excluding hydrogens is 330 g/mol. The van der Waals surface area contributed by atoms with Crippen LogP contribution in [0, 0.1) is 0 Å². The molecule has 6 nitrogen and oxygen atoms in total. The van der Waals surface area contributed by atoms with Crippen LogP contribution in [0.2, 0.25) is 0 Å². The van der Waals surface area contributed by atoms with Gasteiger partial charge in [0.25, 0.3) is 0 Å². The molecule has 1 N–H and O–H groups in total. The van der Waals surface area contributed by atoms with Crippen LogP contribution in [0.15, 0.2) is 58.1 Å². The van der Waals surface area contributed by atoms with Crippen LogP contribution in [-0.2, 0) is 31.4 Å². The van der Waals surface area contributed by atoms with Gasteiger partial charge in [0.15, 0.2) is 0 Å². The maximum atomic E-state index is 12.3. The highest BCUT2D eigenvalue weighted by Crippen LogP contribution is 2.09. The molecule has 26 heavy (non-hydrogen) atoms. The van der Waals surface area contributed by atoms with E-state index in [1.54, 1.807) is 31.3 Å². The van der Waals surface area contributed by atoms with E-state index in [4.69, 9.17) is 0 Å². The summed E-state index contributed by atoms with van der Waals surface area (Å²) in [6.07, 6.45) is 0.964. The highest BCUT2D eigenvalue weighted by molar-refractivity contribution is 5.80. The number of amides is 1. The fraction of sp³-hybridized carbons (Fsp3) is 0.250. The number of hydrogen-bond acceptors (Lipinski definition) is 3. The number of benzene rings is 2. The van der Waals surface area contributed by atoms with Gasteiger partial charge in [-0.15, -0.1) is 0 Å². The van der Waals surface area contributed by atoms with Crippen molar-refractivity contribution in [2.45, 2.75) is 26.4 Å². The molecule has 3 aromatic rings. The Morgan fingerprint density at radius 3 is 2.19 bits per heavy atom. The van der Waals surface area contributed by atoms with Gasteiger partial charge in [-0.3, -0.25) is 19.0 Å². The van der Waals surface area contributed by atoms with Crippen LogP contribution in [0.4, 0.5) is 0 Å². The van der Waals surface area contributed by atoms with Gasteiger partial charge in [0, 0.05) is 13.6 Å². The van der Waals surface area contributed by atoms with E-state index in [9.17, 15) is 14.4 Å². The number of rotatable bonds is 5. The van der Waals surface area contributed by atoms with Gasteiger partial charge >= 0.3 is 11.1 Å². The zero-order chi connectivity index (χ0) is 18.7. The number of aryl methyl sites for hydroxylation is 2. The Hall–Kier alpha value is -3.15. The van der Waals surface area contributed by atoms with E-state index < -0.39 is 11.1 Å². The molecular formula is C20H21N3O3. The molecule has 1 amide bonds. The standard InChI is InChI=1S/C20H21N3O3/c1-3-14-8-10-15(11-9-14)12-21-18(24)13-23-17-7-5-4-6-16(17)22(2)19(25)20(23)26/h4-11H,3,12-13H2,1-2H3,(H,21,24). The molecule has 0 unspecified atom stereocenters. The average molecular weight is 351 g/mol. The number of fused-ring (bicyclic) bond motifs is 1. The van der Waals surface area contributed by atoms with E-state index in [-0.39, 0.29) is 12.5 Å². The number of hydrogen-bond donors (Lipinski definition) is 1. The quantitative estimate of drug-likeness (QED) is 0.709. The molecule has 1 aromatic heterocycles. The Labute approximate surface area is 150 Å².